The summed E-state index contributed by atoms with van der Waals surface area (Å²) in [5, 5.41) is 13.6. The van der Waals surface area contributed by atoms with E-state index < -0.39 is 0 Å². The van der Waals surface area contributed by atoms with Crippen LogP contribution in [0.1, 0.15) is 42.7 Å². The van der Waals surface area contributed by atoms with E-state index in [1.807, 2.05) is 12.1 Å². The summed E-state index contributed by atoms with van der Waals surface area (Å²) in [5.74, 6) is 1.62. The van der Waals surface area contributed by atoms with Crippen LogP contribution in [-0.4, -0.2) is 61.9 Å². The first-order valence-electron chi connectivity index (χ1n) is 11.3. The van der Waals surface area contributed by atoms with E-state index in [1.165, 1.54) is 23.2 Å². The van der Waals surface area contributed by atoms with Crippen molar-refractivity contribution in [3.05, 3.63) is 53.6 Å². The number of phenolic OH excluding ortho intramolecular Hbond substituents is 1. The number of aromatic hydroxyl groups is 1. The highest BCUT2D eigenvalue weighted by molar-refractivity contribution is 5.58. The molecule has 5 rings (SSSR count). The van der Waals surface area contributed by atoms with Gasteiger partial charge in [-0.3, -0.25) is 0 Å². The van der Waals surface area contributed by atoms with Gasteiger partial charge in [-0.2, -0.15) is 0 Å². The molecule has 2 fully saturated rings. The van der Waals surface area contributed by atoms with Gasteiger partial charge in [0.25, 0.3) is 0 Å². The Kier molecular flexibility index (Phi) is 5.11. The summed E-state index contributed by atoms with van der Waals surface area (Å²) < 4.78 is 6.78. The molecule has 2 saturated heterocycles. The van der Waals surface area contributed by atoms with Gasteiger partial charge in [0.2, 0.25) is 0 Å². The normalized spacial score (nSPS) is 25.4. The van der Waals surface area contributed by atoms with E-state index in [-0.39, 0.29) is 11.5 Å². The average molecular weight is 408 g/mol. The van der Waals surface area contributed by atoms with Gasteiger partial charge in [0, 0.05) is 42.4 Å². The third-order valence-corrected chi connectivity index (χ3v) is 7.32. The summed E-state index contributed by atoms with van der Waals surface area (Å²) >= 11 is 0. The van der Waals surface area contributed by atoms with Crippen LogP contribution < -0.4 is 15.0 Å². The number of ether oxygens (including phenoxy) is 1. The monoisotopic (exact) mass is 407 g/mol. The van der Waals surface area contributed by atoms with E-state index in [9.17, 15) is 5.11 Å². The second-order valence-corrected chi connectivity index (χ2v) is 9.46. The molecule has 160 valence electrons. The van der Waals surface area contributed by atoms with Gasteiger partial charge in [0.05, 0.1) is 0 Å². The molecular weight excluding hydrogens is 374 g/mol. The number of phenols is 1. The molecule has 3 heterocycles. The van der Waals surface area contributed by atoms with Crippen molar-refractivity contribution in [2.24, 2.45) is 0 Å². The highest BCUT2D eigenvalue weighted by Crippen LogP contribution is 2.48. The van der Waals surface area contributed by atoms with Crippen LogP contribution in [0.15, 0.2) is 42.5 Å². The highest BCUT2D eigenvalue weighted by atomic mass is 16.5. The molecule has 0 aromatic heterocycles. The van der Waals surface area contributed by atoms with Crippen molar-refractivity contribution in [3.63, 3.8) is 0 Å². The molecule has 2 atom stereocenters. The number of piperidine rings is 1. The van der Waals surface area contributed by atoms with Crippen LogP contribution in [0.2, 0.25) is 0 Å². The van der Waals surface area contributed by atoms with Gasteiger partial charge in [0.1, 0.15) is 17.1 Å². The van der Waals surface area contributed by atoms with Gasteiger partial charge < -0.3 is 25.0 Å². The van der Waals surface area contributed by atoms with Crippen molar-refractivity contribution in [2.75, 3.05) is 45.2 Å². The number of rotatable bonds is 3. The van der Waals surface area contributed by atoms with E-state index in [1.54, 1.807) is 6.07 Å². The zero-order valence-electron chi connectivity index (χ0n) is 18.1. The summed E-state index contributed by atoms with van der Waals surface area (Å²) in [5.41, 5.74) is 3.57. The molecule has 0 aliphatic carbocycles. The molecule has 0 amide bonds. The van der Waals surface area contributed by atoms with Crippen molar-refractivity contribution < 1.29 is 9.84 Å². The molecule has 2 N–H and O–H groups in total. The fraction of sp³-hybridized carbons (Fsp3) is 0.520. The van der Waals surface area contributed by atoms with Crippen LogP contribution in [0, 0.1) is 0 Å². The molecule has 1 spiro atoms. The van der Waals surface area contributed by atoms with E-state index in [0.29, 0.717) is 11.8 Å². The zero-order chi connectivity index (χ0) is 20.7. The van der Waals surface area contributed by atoms with Crippen LogP contribution in [0.5, 0.6) is 11.5 Å². The van der Waals surface area contributed by atoms with E-state index in [0.717, 1.165) is 51.2 Å². The third-order valence-electron chi connectivity index (χ3n) is 7.32. The van der Waals surface area contributed by atoms with Gasteiger partial charge in [-0.25, -0.2) is 0 Å². The standard InChI is InChI=1S/C25H33N3O2/c1-27(2)20-8-13-28(17-20)19-6-7-22-23(18-4-3-5-21(29)14-18)16-25(30-24(22)15-19)9-11-26-12-10-25/h3-7,14-15,20,23,26,29H,8-13,16-17H2,1-2H3. The Morgan fingerprint density at radius 3 is 2.70 bits per heavy atom. The maximum Gasteiger partial charge on any atom is 0.126 e. The van der Waals surface area contributed by atoms with Crippen LogP contribution in [0.25, 0.3) is 0 Å². The van der Waals surface area contributed by atoms with Gasteiger partial charge in [-0.05, 0) is 76.6 Å². The molecule has 0 bridgehead atoms. The molecular formula is C25H33N3O2. The summed E-state index contributed by atoms with van der Waals surface area (Å²) in [7, 11) is 4.34. The Hall–Kier alpha value is -2.24. The number of fused-ring (bicyclic) bond motifs is 1. The van der Waals surface area contributed by atoms with Gasteiger partial charge in [-0.15, -0.1) is 0 Å². The predicted molar refractivity (Wildman–Crippen MR) is 121 cm³/mol. The second kappa shape index (κ2) is 7.78. The molecule has 2 aromatic carbocycles. The lowest BCUT2D eigenvalue weighted by molar-refractivity contribution is 0.0114. The van der Waals surface area contributed by atoms with Gasteiger partial charge >= 0.3 is 0 Å². The minimum absolute atomic E-state index is 0.121. The van der Waals surface area contributed by atoms with Gasteiger partial charge in [-0.1, -0.05) is 18.2 Å². The van der Waals surface area contributed by atoms with Crippen LogP contribution in [0.3, 0.4) is 0 Å². The number of nitrogens with zero attached hydrogens (tertiary/aromatic N) is 2. The van der Waals surface area contributed by atoms with Crippen LogP contribution >= 0.6 is 0 Å². The number of nitrogens with one attached hydrogen (secondary N) is 1. The maximum absolute atomic E-state index is 10.1. The smallest absolute Gasteiger partial charge is 0.126 e. The van der Waals surface area contributed by atoms with Crippen molar-refractivity contribution in [3.8, 4) is 11.5 Å². The minimum atomic E-state index is -0.121. The Balaban J connectivity index is 1.51. The fourth-order valence-electron chi connectivity index (χ4n) is 5.48. The Labute approximate surface area is 179 Å². The lowest BCUT2D eigenvalue weighted by Crippen LogP contribution is -2.49. The van der Waals surface area contributed by atoms with Crippen molar-refractivity contribution in [2.45, 2.75) is 43.2 Å². The number of benzene rings is 2. The molecule has 30 heavy (non-hydrogen) atoms. The number of hydrogen-bond donors (Lipinski definition) is 2. The largest absolute Gasteiger partial charge is 0.508 e. The fourth-order valence-corrected chi connectivity index (χ4v) is 5.48. The second-order valence-electron chi connectivity index (χ2n) is 9.46. The molecule has 0 saturated carbocycles. The summed E-state index contributed by atoms with van der Waals surface area (Å²) in [6.07, 6.45) is 4.22. The van der Waals surface area contributed by atoms with E-state index >= 15 is 0 Å². The molecule has 5 nitrogen and oxygen atoms in total. The maximum atomic E-state index is 10.1. The number of hydrogen-bond acceptors (Lipinski definition) is 5. The number of anilines is 1. The minimum Gasteiger partial charge on any atom is -0.508 e. The van der Waals surface area contributed by atoms with E-state index in [4.69, 9.17) is 4.74 Å². The first kappa shape index (κ1) is 19.7. The first-order valence-corrected chi connectivity index (χ1v) is 11.3. The Morgan fingerprint density at radius 1 is 1.13 bits per heavy atom. The Bertz CT molecular complexity index is 907. The predicted octanol–water partition coefficient (Wildman–Crippen LogP) is 3.57. The van der Waals surface area contributed by atoms with Crippen molar-refractivity contribution in [1.82, 2.24) is 10.2 Å². The zero-order valence-corrected chi connectivity index (χ0v) is 18.1. The molecule has 3 aliphatic heterocycles. The molecule has 5 heteroatoms. The first-order chi connectivity index (χ1) is 14.5. The highest BCUT2D eigenvalue weighted by Gasteiger charge is 2.42. The topological polar surface area (TPSA) is 48.0 Å². The third kappa shape index (κ3) is 3.65. The average Bonchev–Trinajstić information content (AvgIpc) is 3.24. The van der Waals surface area contributed by atoms with Crippen molar-refractivity contribution in [1.29, 1.82) is 0 Å². The molecule has 2 unspecified atom stereocenters. The van der Waals surface area contributed by atoms with Crippen LogP contribution in [0.4, 0.5) is 5.69 Å². The number of likely N-dealkylation sites (N-methyl/N-ethyl adjacent to an activating group) is 1. The summed E-state index contributed by atoms with van der Waals surface area (Å²) in [6.45, 7) is 4.15. The molecule has 2 aromatic rings. The van der Waals surface area contributed by atoms with E-state index in [2.05, 4.69) is 53.5 Å². The quantitative estimate of drug-likeness (QED) is 0.815. The SMILES string of the molecule is CN(C)C1CCN(c2ccc3c(c2)OC2(CCNCC2)CC3c2cccc(O)c2)C1. The molecule has 0 radical (unpaired) electrons. The summed E-state index contributed by atoms with van der Waals surface area (Å²) in [6, 6.07) is 15.2. The lowest BCUT2D eigenvalue weighted by atomic mass is 9.75. The van der Waals surface area contributed by atoms with Gasteiger partial charge in [0.15, 0.2) is 0 Å². The summed E-state index contributed by atoms with van der Waals surface area (Å²) in [4.78, 5) is 4.82. The van der Waals surface area contributed by atoms with Crippen LogP contribution in [-0.2, 0) is 0 Å². The Morgan fingerprint density at radius 2 is 1.97 bits per heavy atom. The molecule has 3 aliphatic rings. The van der Waals surface area contributed by atoms with Crippen molar-refractivity contribution >= 4 is 5.69 Å². The lowest BCUT2D eigenvalue weighted by Gasteiger charge is -2.45.